The van der Waals surface area contributed by atoms with Gasteiger partial charge in [-0.05, 0) is 26.0 Å². The van der Waals surface area contributed by atoms with Crippen LogP contribution in [-0.2, 0) is 17.4 Å². The predicted molar refractivity (Wildman–Crippen MR) is 54.4 cm³/mol. The summed E-state index contributed by atoms with van der Waals surface area (Å²) in [5.41, 5.74) is -2.03. The molecule has 0 saturated carbocycles. The van der Waals surface area contributed by atoms with Gasteiger partial charge in [0, 0.05) is 12.1 Å². The van der Waals surface area contributed by atoms with Crippen LogP contribution in [0.5, 0.6) is 0 Å². The summed E-state index contributed by atoms with van der Waals surface area (Å²) in [6.45, 7) is 2.88. The molecule has 0 aromatic carbocycles. The van der Waals surface area contributed by atoms with Gasteiger partial charge >= 0.3 is 12.1 Å². The number of aromatic nitrogens is 1. The van der Waals surface area contributed by atoms with Crippen LogP contribution in [0.4, 0.5) is 13.2 Å². The topological polar surface area (TPSA) is 50.2 Å². The van der Waals surface area contributed by atoms with Gasteiger partial charge in [-0.25, -0.2) is 4.98 Å². The van der Waals surface area contributed by atoms with Crippen molar-refractivity contribution in [2.45, 2.75) is 26.4 Å². The first-order valence-corrected chi connectivity index (χ1v) is 4.89. The molecule has 0 bridgehead atoms. The van der Waals surface area contributed by atoms with Gasteiger partial charge in [-0.15, -0.1) is 0 Å². The summed E-state index contributed by atoms with van der Waals surface area (Å²) in [6, 6.07) is 3.47. The first-order valence-electron chi connectivity index (χ1n) is 4.89. The zero-order valence-electron chi connectivity index (χ0n) is 9.38. The van der Waals surface area contributed by atoms with Crippen molar-refractivity contribution in [3.05, 3.63) is 29.6 Å². The number of halogens is 3. The number of aliphatic carboxylic acids is 1. The predicted octanol–water partition coefficient (Wildman–Crippen LogP) is 2.75. The van der Waals surface area contributed by atoms with Crippen molar-refractivity contribution >= 4 is 5.97 Å². The van der Waals surface area contributed by atoms with Crippen molar-refractivity contribution in [1.82, 2.24) is 4.98 Å². The quantitative estimate of drug-likeness (QED) is 0.893. The molecule has 3 nitrogen and oxygen atoms in total. The number of rotatable bonds is 3. The molecular weight excluding hydrogens is 235 g/mol. The molecule has 0 aliphatic carbocycles. The standard InChI is InChI=1S/C11H12F3NO2/c1-10(2,9(16)17)6-7-4-3-5-8(15-7)11(12,13)14/h3-5H,6H2,1-2H3,(H,16,17). The largest absolute Gasteiger partial charge is 0.481 e. The molecule has 1 N–H and O–H groups in total. The molecule has 0 amide bonds. The second-order valence-electron chi connectivity index (χ2n) is 4.38. The lowest BCUT2D eigenvalue weighted by Crippen LogP contribution is -2.27. The Balaban J connectivity index is 2.98. The summed E-state index contributed by atoms with van der Waals surface area (Å²) in [5.74, 6) is -1.07. The van der Waals surface area contributed by atoms with E-state index in [0.717, 1.165) is 6.07 Å². The van der Waals surface area contributed by atoms with E-state index in [2.05, 4.69) is 4.98 Å². The highest BCUT2D eigenvalue weighted by molar-refractivity contribution is 5.73. The maximum absolute atomic E-state index is 12.4. The van der Waals surface area contributed by atoms with Crippen molar-refractivity contribution in [2.75, 3.05) is 0 Å². The van der Waals surface area contributed by atoms with Crippen molar-refractivity contribution in [3.63, 3.8) is 0 Å². The van der Waals surface area contributed by atoms with Crippen molar-refractivity contribution in [1.29, 1.82) is 0 Å². The number of pyridine rings is 1. The lowest BCUT2D eigenvalue weighted by molar-refractivity contribution is -0.146. The van der Waals surface area contributed by atoms with Crippen LogP contribution in [0.1, 0.15) is 25.2 Å². The minimum absolute atomic E-state index is 0.0494. The Labute approximate surface area is 96.3 Å². The molecule has 0 atom stereocenters. The number of hydrogen-bond acceptors (Lipinski definition) is 2. The summed E-state index contributed by atoms with van der Waals surface area (Å²) < 4.78 is 37.1. The van der Waals surface area contributed by atoms with Crippen LogP contribution in [0.15, 0.2) is 18.2 Å². The minimum Gasteiger partial charge on any atom is -0.481 e. The van der Waals surface area contributed by atoms with Crippen LogP contribution >= 0.6 is 0 Å². The fraction of sp³-hybridized carbons (Fsp3) is 0.455. The Hall–Kier alpha value is -1.59. The lowest BCUT2D eigenvalue weighted by Gasteiger charge is -2.18. The van der Waals surface area contributed by atoms with Crippen LogP contribution < -0.4 is 0 Å². The summed E-state index contributed by atoms with van der Waals surface area (Å²) >= 11 is 0. The third-order valence-electron chi connectivity index (χ3n) is 2.30. The van der Waals surface area contributed by atoms with Crippen LogP contribution in [0.3, 0.4) is 0 Å². The zero-order chi connectivity index (χ0) is 13.3. The third kappa shape index (κ3) is 3.44. The molecule has 0 saturated heterocycles. The van der Waals surface area contributed by atoms with E-state index in [9.17, 15) is 18.0 Å². The van der Waals surface area contributed by atoms with Gasteiger partial charge < -0.3 is 5.11 Å². The molecule has 0 aliphatic heterocycles. The van der Waals surface area contributed by atoms with Crippen LogP contribution in [0, 0.1) is 5.41 Å². The normalized spacial score (nSPS) is 12.5. The maximum Gasteiger partial charge on any atom is 0.433 e. The molecule has 0 aliphatic rings. The van der Waals surface area contributed by atoms with Gasteiger partial charge in [0.1, 0.15) is 5.69 Å². The molecule has 17 heavy (non-hydrogen) atoms. The van der Waals surface area contributed by atoms with E-state index in [0.29, 0.717) is 0 Å². The van der Waals surface area contributed by atoms with E-state index in [1.807, 2.05) is 0 Å². The highest BCUT2D eigenvalue weighted by atomic mass is 19.4. The number of carboxylic acid groups (broad SMARTS) is 1. The average molecular weight is 247 g/mol. The zero-order valence-corrected chi connectivity index (χ0v) is 9.38. The van der Waals surface area contributed by atoms with Crippen molar-refractivity contribution < 1.29 is 23.1 Å². The van der Waals surface area contributed by atoms with E-state index >= 15 is 0 Å². The molecule has 1 aromatic heterocycles. The number of hydrogen-bond donors (Lipinski definition) is 1. The van der Waals surface area contributed by atoms with E-state index in [1.54, 1.807) is 0 Å². The van der Waals surface area contributed by atoms with Gasteiger partial charge in [-0.2, -0.15) is 13.2 Å². The molecule has 0 unspecified atom stereocenters. The Kier molecular flexibility index (Phi) is 3.45. The summed E-state index contributed by atoms with van der Waals surface area (Å²) in [4.78, 5) is 14.3. The lowest BCUT2D eigenvalue weighted by atomic mass is 9.88. The smallest absolute Gasteiger partial charge is 0.433 e. The summed E-state index contributed by atoms with van der Waals surface area (Å²) in [7, 11) is 0. The van der Waals surface area contributed by atoms with Crippen molar-refractivity contribution in [3.8, 4) is 0 Å². The molecule has 1 aromatic rings. The molecule has 0 spiro atoms. The SMILES string of the molecule is CC(C)(Cc1cccc(C(F)(F)F)n1)C(=O)O. The number of nitrogens with zero attached hydrogens (tertiary/aromatic N) is 1. The minimum atomic E-state index is -4.51. The van der Waals surface area contributed by atoms with E-state index < -0.39 is 23.3 Å². The van der Waals surface area contributed by atoms with E-state index in [-0.39, 0.29) is 12.1 Å². The maximum atomic E-state index is 12.4. The second-order valence-corrected chi connectivity index (χ2v) is 4.38. The molecule has 6 heteroatoms. The summed E-state index contributed by atoms with van der Waals surface area (Å²) in [5, 5.41) is 8.88. The highest BCUT2D eigenvalue weighted by Crippen LogP contribution is 2.28. The Morgan fingerprint density at radius 2 is 1.94 bits per heavy atom. The van der Waals surface area contributed by atoms with Crippen LogP contribution in [-0.4, -0.2) is 16.1 Å². The third-order valence-corrected chi connectivity index (χ3v) is 2.30. The molecule has 1 rings (SSSR count). The van der Waals surface area contributed by atoms with Gasteiger partial charge in [-0.1, -0.05) is 6.07 Å². The van der Waals surface area contributed by atoms with Crippen LogP contribution in [0.25, 0.3) is 0 Å². The van der Waals surface area contributed by atoms with Gasteiger partial charge in [0.15, 0.2) is 0 Å². The molecule has 1 heterocycles. The first-order chi connectivity index (χ1) is 7.63. The molecule has 0 fully saturated rings. The number of carboxylic acids is 1. The van der Waals surface area contributed by atoms with Crippen LogP contribution in [0.2, 0.25) is 0 Å². The fourth-order valence-corrected chi connectivity index (χ4v) is 1.26. The molecule has 94 valence electrons. The van der Waals surface area contributed by atoms with E-state index in [1.165, 1.54) is 26.0 Å². The number of carbonyl (C=O) groups is 1. The van der Waals surface area contributed by atoms with Gasteiger partial charge in [0.05, 0.1) is 5.41 Å². The summed E-state index contributed by atoms with van der Waals surface area (Å²) in [6.07, 6.45) is -4.56. The Morgan fingerprint density at radius 3 is 2.41 bits per heavy atom. The molecular formula is C11H12F3NO2. The highest BCUT2D eigenvalue weighted by Gasteiger charge is 2.33. The Morgan fingerprint density at radius 1 is 1.35 bits per heavy atom. The van der Waals surface area contributed by atoms with Gasteiger partial charge in [0.25, 0.3) is 0 Å². The molecule has 0 radical (unpaired) electrons. The first kappa shape index (κ1) is 13.5. The number of alkyl halides is 3. The Bertz CT molecular complexity index is 427. The van der Waals surface area contributed by atoms with Crippen molar-refractivity contribution in [2.24, 2.45) is 5.41 Å². The average Bonchev–Trinajstić information content (AvgIpc) is 2.15. The fourth-order valence-electron chi connectivity index (χ4n) is 1.26. The van der Waals surface area contributed by atoms with Gasteiger partial charge in [-0.3, -0.25) is 4.79 Å². The second kappa shape index (κ2) is 4.35. The van der Waals surface area contributed by atoms with E-state index in [4.69, 9.17) is 5.11 Å². The van der Waals surface area contributed by atoms with Gasteiger partial charge in [0.2, 0.25) is 0 Å². The monoisotopic (exact) mass is 247 g/mol.